The van der Waals surface area contributed by atoms with Gasteiger partial charge >= 0.3 is 0 Å². The zero-order chi connectivity index (χ0) is 8.81. The summed E-state index contributed by atoms with van der Waals surface area (Å²) in [7, 11) is 0. The summed E-state index contributed by atoms with van der Waals surface area (Å²) < 4.78 is 0. The van der Waals surface area contributed by atoms with E-state index in [1.165, 1.54) is 5.57 Å². The highest BCUT2D eigenvalue weighted by molar-refractivity contribution is 5.13. The molecule has 4 N–H and O–H groups in total. The van der Waals surface area contributed by atoms with Gasteiger partial charge in [-0.15, -0.1) is 0 Å². The van der Waals surface area contributed by atoms with Gasteiger partial charge in [0.25, 0.3) is 0 Å². The molecule has 1 rings (SSSR count). The average molecular weight is 166 g/mol. The Labute approximate surface area is 74.3 Å². The van der Waals surface area contributed by atoms with Gasteiger partial charge < -0.3 is 11.5 Å². The third-order valence-electron chi connectivity index (χ3n) is 2.24. The van der Waals surface area contributed by atoms with Crippen LogP contribution in [0.15, 0.2) is 23.8 Å². The van der Waals surface area contributed by atoms with Gasteiger partial charge in [0.05, 0.1) is 0 Å². The summed E-state index contributed by atoms with van der Waals surface area (Å²) in [4.78, 5) is 0. The number of allylic oxidation sites excluding steroid dienone is 3. The molecule has 0 saturated heterocycles. The van der Waals surface area contributed by atoms with Crippen molar-refractivity contribution in [3.05, 3.63) is 23.8 Å². The van der Waals surface area contributed by atoms with E-state index in [9.17, 15) is 0 Å². The summed E-state index contributed by atoms with van der Waals surface area (Å²) in [6.45, 7) is 0.565. The minimum Gasteiger partial charge on any atom is -0.329 e. The van der Waals surface area contributed by atoms with Crippen LogP contribution in [-0.2, 0) is 0 Å². The molecule has 0 aromatic carbocycles. The summed E-state index contributed by atoms with van der Waals surface area (Å²) in [5.41, 5.74) is 12.7. The fraction of sp³-hybridized carbons (Fsp3) is 0.600. The van der Waals surface area contributed by atoms with E-state index in [-0.39, 0.29) is 6.04 Å². The van der Waals surface area contributed by atoms with Crippen LogP contribution in [0.1, 0.15) is 25.7 Å². The molecule has 0 fully saturated rings. The van der Waals surface area contributed by atoms with Crippen LogP contribution in [0.3, 0.4) is 0 Å². The summed E-state index contributed by atoms with van der Waals surface area (Å²) in [5, 5.41) is 0. The lowest BCUT2D eigenvalue weighted by Gasteiger charge is -2.14. The Morgan fingerprint density at radius 2 is 2.00 bits per heavy atom. The molecule has 0 aromatic rings. The highest BCUT2D eigenvalue weighted by Crippen LogP contribution is 2.14. The zero-order valence-corrected chi connectivity index (χ0v) is 7.50. The number of rotatable bonds is 2. The monoisotopic (exact) mass is 166 g/mol. The van der Waals surface area contributed by atoms with Crippen LogP contribution in [0.4, 0.5) is 0 Å². The van der Waals surface area contributed by atoms with E-state index in [0.29, 0.717) is 6.54 Å². The first-order valence-electron chi connectivity index (χ1n) is 4.64. The Balaban J connectivity index is 2.50. The van der Waals surface area contributed by atoms with Crippen LogP contribution in [0.5, 0.6) is 0 Å². The van der Waals surface area contributed by atoms with Gasteiger partial charge in [0.2, 0.25) is 0 Å². The second-order valence-electron chi connectivity index (χ2n) is 3.21. The lowest BCUT2D eigenvalue weighted by Crippen LogP contribution is -2.31. The number of nitrogens with two attached hydrogens (primary N) is 2. The van der Waals surface area contributed by atoms with E-state index >= 15 is 0 Å². The summed E-state index contributed by atoms with van der Waals surface area (Å²) in [6, 6.07) is 0.0801. The van der Waals surface area contributed by atoms with Gasteiger partial charge in [-0.2, -0.15) is 0 Å². The summed E-state index contributed by atoms with van der Waals surface area (Å²) >= 11 is 0. The Bertz CT molecular complexity index is 182. The predicted octanol–water partition coefficient (Wildman–Crippen LogP) is 1.33. The molecule has 0 radical (unpaired) electrons. The minimum absolute atomic E-state index is 0.0801. The Kier molecular flexibility index (Phi) is 4.05. The van der Waals surface area contributed by atoms with Crippen molar-refractivity contribution in [3.63, 3.8) is 0 Å². The standard InChI is InChI=1S/C10H18N2/c11-8-10(12)9-6-4-2-1-3-5-7-9/h1-2,7,10H,3-6,8,11-12H2. The van der Waals surface area contributed by atoms with Crippen molar-refractivity contribution in [2.45, 2.75) is 31.7 Å². The molecule has 0 amide bonds. The molecule has 0 aliphatic heterocycles. The van der Waals surface area contributed by atoms with Crippen molar-refractivity contribution in [1.82, 2.24) is 0 Å². The first kappa shape index (κ1) is 9.49. The van der Waals surface area contributed by atoms with Gasteiger partial charge in [0.1, 0.15) is 0 Å². The predicted molar refractivity (Wildman–Crippen MR) is 52.7 cm³/mol. The maximum atomic E-state index is 5.85. The van der Waals surface area contributed by atoms with Crippen molar-refractivity contribution in [2.24, 2.45) is 11.5 Å². The van der Waals surface area contributed by atoms with Gasteiger partial charge in [-0.3, -0.25) is 0 Å². The van der Waals surface area contributed by atoms with Crippen molar-refractivity contribution >= 4 is 0 Å². The van der Waals surface area contributed by atoms with Crippen LogP contribution in [0.25, 0.3) is 0 Å². The molecule has 1 aliphatic carbocycles. The van der Waals surface area contributed by atoms with Gasteiger partial charge in [0, 0.05) is 12.6 Å². The first-order valence-corrected chi connectivity index (χ1v) is 4.64. The maximum absolute atomic E-state index is 5.85. The third-order valence-corrected chi connectivity index (χ3v) is 2.24. The van der Waals surface area contributed by atoms with Crippen molar-refractivity contribution in [3.8, 4) is 0 Å². The zero-order valence-electron chi connectivity index (χ0n) is 7.50. The Hall–Kier alpha value is -0.600. The third kappa shape index (κ3) is 2.80. The van der Waals surface area contributed by atoms with Crippen LogP contribution >= 0.6 is 0 Å². The Morgan fingerprint density at radius 1 is 1.25 bits per heavy atom. The van der Waals surface area contributed by atoms with Crippen molar-refractivity contribution in [2.75, 3.05) is 6.54 Å². The smallest absolute Gasteiger partial charge is 0.0378 e. The fourth-order valence-corrected chi connectivity index (χ4v) is 1.44. The maximum Gasteiger partial charge on any atom is 0.0378 e. The van der Waals surface area contributed by atoms with Crippen LogP contribution in [0, 0.1) is 0 Å². The molecular formula is C10H18N2. The second-order valence-corrected chi connectivity index (χ2v) is 3.21. The normalized spacial score (nSPS) is 21.0. The van der Waals surface area contributed by atoms with E-state index in [4.69, 9.17) is 11.5 Å². The molecular weight excluding hydrogens is 148 g/mol. The quantitative estimate of drug-likeness (QED) is 0.608. The van der Waals surface area contributed by atoms with Gasteiger partial charge in [-0.1, -0.05) is 23.8 Å². The van der Waals surface area contributed by atoms with E-state index in [2.05, 4.69) is 18.2 Å². The van der Waals surface area contributed by atoms with E-state index < -0.39 is 0 Å². The molecule has 2 nitrogen and oxygen atoms in total. The van der Waals surface area contributed by atoms with E-state index in [1.54, 1.807) is 0 Å². The van der Waals surface area contributed by atoms with Crippen LogP contribution in [-0.4, -0.2) is 12.6 Å². The van der Waals surface area contributed by atoms with Gasteiger partial charge in [-0.25, -0.2) is 0 Å². The molecule has 1 unspecified atom stereocenters. The molecule has 1 aliphatic rings. The second kappa shape index (κ2) is 5.12. The Morgan fingerprint density at radius 3 is 2.75 bits per heavy atom. The molecule has 0 saturated carbocycles. The lowest BCUT2D eigenvalue weighted by atomic mass is 9.98. The number of hydrogen-bond acceptors (Lipinski definition) is 2. The lowest BCUT2D eigenvalue weighted by molar-refractivity contribution is 0.719. The van der Waals surface area contributed by atoms with Crippen LogP contribution < -0.4 is 11.5 Å². The highest BCUT2D eigenvalue weighted by Gasteiger charge is 2.06. The minimum atomic E-state index is 0.0801. The SMILES string of the molecule is NCC(N)C1=CCCC=CCC1. The molecule has 0 aromatic heterocycles. The van der Waals surface area contributed by atoms with E-state index in [1.807, 2.05) is 0 Å². The molecule has 0 spiro atoms. The molecule has 12 heavy (non-hydrogen) atoms. The molecule has 1 atom stereocenters. The van der Waals surface area contributed by atoms with Gasteiger partial charge in [-0.05, 0) is 25.7 Å². The van der Waals surface area contributed by atoms with E-state index in [0.717, 1.165) is 25.7 Å². The van der Waals surface area contributed by atoms with Crippen molar-refractivity contribution in [1.29, 1.82) is 0 Å². The molecule has 2 heteroatoms. The van der Waals surface area contributed by atoms with Gasteiger partial charge in [0.15, 0.2) is 0 Å². The summed E-state index contributed by atoms with van der Waals surface area (Å²) in [6.07, 6.45) is 11.2. The fourth-order valence-electron chi connectivity index (χ4n) is 1.44. The summed E-state index contributed by atoms with van der Waals surface area (Å²) in [5.74, 6) is 0. The first-order chi connectivity index (χ1) is 5.84. The van der Waals surface area contributed by atoms with Crippen molar-refractivity contribution < 1.29 is 0 Å². The molecule has 68 valence electrons. The average Bonchev–Trinajstić information content (AvgIpc) is 2.02. The highest BCUT2D eigenvalue weighted by atomic mass is 14.7. The molecule has 0 heterocycles. The molecule has 0 bridgehead atoms. The largest absolute Gasteiger partial charge is 0.329 e. The topological polar surface area (TPSA) is 52.0 Å². The van der Waals surface area contributed by atoms with Crippen LogP contribution in [0.2, 0.25) is 0 Å². The number of hydrogen-bond donors (Lipinski definition) is 2.